The molecular formula is C13H19N3O5S. The second kappa shape index (κ2) is 8.42. The summed E-state index contributed by atoms with van der Waals surface area (Å²) in [5.41, 5.74) is 0.547. The fourth-order valence-corrected chi connectivity index (χ4v) is 2.12. The zero-order chi connectivity index (χ0) is 16.7. The van der Waals surface area contributed by atoms with Crippen LogP contribution in [0, 0.1) is 5.92 Å². The lowest BCUT2D eigenvalue weighted by Crippen LogP contribution is -2.40. The minimum absolute atomic E-state index is 0.0355. The molecule has 22 heavy (non-hydrogen) atoms. The van der Waals surface area contributed by atoms with Crippen molar-refractivity contribution in [3.63, 3.8) is 0 Å². The summed E-state index contributed by atoms with van der Waals surface area (Å²) in [6.45, 7) is 1.77. The summed E-state index contributed by atoms with van der Waals surface area (Å²) in [5.74, 6) is -1.12. The summed E-state index contributed by atoms with van der Waals surface area (Å²) < 4.78 is 5.48. The van der Waals surface area contributed by atoms with Crippen LogP contribution in [0.3, 0.4) is 0 Å². The molecular weight excluding hydrogens is 310 g/mol. The molecule has 0 bridgehead atoms. The van der Waals surface area contributed by atoms with Crippen LogP contribution in [0.5, 0.6) is 0 Å². The zero-order valence-corrected chi connectivity index (χ0v) is 13.2. The Morgan fingerprint density at radius 2 is 2.18 bits per heavy atom. The van der Waals surface area contributed by atoms with Crippen LogP contribution in [-0.2, 0) is 20.7 Å². The number of carbonyl (C=O) groups excluding carboxylic acids is 2. The number of methoxy groups -OCH3 is 1. The molecule has 0 aliphatic heterocycles. The maximum atomic E-state index is 12.1. The summed E-state index contributed by atoms with van der Waals surface area (Å²) in [5, 5.41) is 11.5. The number of imidazole rings is 1. The lowest BCUT2D eigenvalue weighted by Gasteiger charge is -2.17. The molecule has 1 aromatic heterocycles. The number of nitrogens with one attached hydrogen (secondary N) is 1. The normalized spacial score (nSPS) is 13.2. The molecule has 1 heterocycles. The van der Waals surface area contributed by atoms with Crippen LogP contribution in [0.25, 0.3) is 0 Å². The van der Waals surface area contributed by atoms with E-state index in [9.17, 15) is 14.4 Å². The van der Waals surface area contributed by atoms with Crippen LogP contribution in [-0.4, -0.2) is 51.5 Å². The Morgan fingerprint density at radius 3 is 2.68 bits per heavy atom. The van der Waals surface area contributed by atoms with E-state index in [0.29, 0.717) is 12.1 Å². The molecule has 9 heteroatoms. The monoisotopic (exact) mass is 329 g/mol. The first-order chi connectivity index (χ1) is 10.4. The molecule has 1 rings (SSSR count). The summed E-state index contributed by atoms with van der Waals surface area (Å²) in [6, 6.07) is -0.260. The predicted octanol–water partition coefficient (Wildman–Crippen LogP) is 0.565. The van der Waals surface area contributed by atoms with Crippen molar-refractivity contribution in [3.05, 3.63) is 18.2 Å². The quantitative estimate of drug-likeness (QED) is 0.498. The van der Waals surface area contributed by atoms with E-state index in [1.807, 2.05) is 0 Å². The number of thiol groups is 1. The highest BCUT2D eigenvalue weighted by Crippen LogP contribution is 2.08. The van der Waals surface area contributed by atoms with E-state index in [1.165, 1.54) is 19.6 Å². The third kappa shape index (κ3) is 5.40. The maximum Gasteiger partial charge on any atom is 0.416 e. The maximum absolute atomic E-state index is 12.1. The van der Waals surface area contributed by atoms with E-state index in [4.69, 9.17) is 5.11 Å². The lowest BCUT2D eigenvalue weighted by molar-refractivity contribution is -0.143. The Balaban J connectivity index is 2.54. The summed E-state index contributed by atoms with van der Waals surface area (Å²) in [7, 11) is 1.26. The fourth-order valence-electron chi connectivity index (χ4n) is 1.82. The van der Waals surface area contributed by atoms with E-state index in [1.54, 1.807) is 6.92 Å². The highest BCUT2D eigenvalue weighted by atomic mass is 32.1. The Hall–Kier alpha value is -2.03. The second-order valence-electron chi connectivity index (χ2n) is 4.83. The van der Waals surface area contributed by atoms with Gasteiger partial charge in [-0.15, -0.1) is 0 Å². The summed E-state index contributed by atoms with van der Waals surface area (Å²) in [4.78, 5) is 38.0. The number of aromatic nitrogens is 2. The van der Waals surface area contributed by atoms with Gasteiger partial charge in [0.25, 0.3) is 0 Å². The molecule has 0 aromatic carbocycles. The van der Waals surface area contributed by atoms with Crippen LogP contribution < -0.4 is 5.32 Å². The van der Waals surface area contributed by atoms with Gasteiger partial charge in [-0.1, -0.05) is 0 Å². The van der Waals surface area contributed by atoms with Crippen molar-refractivity contribution in [3.8, 4) is 0 Å². The first kappa shape index (κ1) is 18.0. The van der Waals surface area contributed by atoms with E-state index >= 15 is 0 Å². The van der Waals surface area contributed by atoms with Crippen molar-refractivity contribution in [1.82, 2.24) is 14.9 Å². The highest BCUT2D eigenvalue weighted by molar-refractivity contribution is 7.80. The molecule has 0 spiro atoms. The highest BCUT2D eigenvalue weighted by Gasteiger charge is 2.22. The molecule has 0 saturated carbocycles. The Bertz CT molecular complexity index is 546. The van der Waals surface area contributed by atoms with Gasteiger partial charge in [0.1, 0.15) is 6.33 Å². The predicted molar refractivity (Wildman–Crippen MR) is 80.9 cm³/mol. The topological polar surface area (TPSA) is 111 Å². The standard InChI is InChI=1S/C13H19N3O5S/c1-8(3-10-5-16(7-14-10)13(19)20)15-12(18)9(6-22)4-11(17)21-2/h5,7-9,22H,3-4,6H2,1-2H3,(H,15,18)(H,19,20)/t8-,9?/m1/s1. The number of hydrogen-bond donors (Lipinski definition) is 3. The van der Waals surface area contributed by atoms with Gasteiger partial charge in [-0.3, -0.25) is 9.59 Å². The Morgan fingerprint density at radius 1 is 1.50 bits per heavy atom. The van der Waals surface area contributed by atoms with Crippen molar-refractivity contribution in [2.24, 2.45) is 5.92 Å². The number of carboxylic acid groups (broad SMARTS) is 1. The van der Waals surface area contributed by atoms with Gasteiger partial charge in [0.2, 0.25) is 5.91 Å². The SMILES string of the molecule is COC(=O)CC(CS)C(=O)N[C@H](C)Cc1cn(C(=O)O)cn1. The molecule has 0 aliphatic carbocycles. The van der Waals surface area contributed by atoms with E-state index in [0.717, 1.165) is 4.57 Å². The van der Waals surface area contributed by atoms with E-state index < -0.39 is 18.0 Å². The first-order valence-corrected chi connectivity index (χ1v) is 7.24. The van der Waals surface area contributed by atoms with Crippen molar-refractivity contribution < 1.29 is 24.2 Å². The minimum atomic E-state index is -1.12. The smallest absolute Gasteiger partial charge is 0.416 e. The molecule has 122 valence electrons. The Labute approximate surface area is 133 Å². The largest absolute Gasteiger partial charge is 0.469 e. The number of rotatable bonds is 7. The molecule has 0 radical (unpaired) electrons. The third-order valence-corrected chi connectivity index (χ3v) is 3.43. The molecule has 0 aliphatic rings. The van der Waals surface area contributed by atoms with Gasteiger partial charge in [-0.2, -0.15) is 12.6 Å². The number of ether oxygens (including phenoxy) is 1. The van der Waals surface area contributed by atoms with Gasteiger partial charge in [0, 0.05) is 24.4 Å². The van der Waals surface area contributed by atoms with Crippen molar-refractivity contribution >= 4 is 30.6 Å². The van der Waals surface area contributed by atoms with Gasteiger partial charge < -0.3 is 15.2 Å². The number of esters is 1. The lowest BCUT2D eigenvalue weighted by atomic mass is 10.1. The fraction of sp³-hybridized carbons (Fsp3) is 0.538. The van der Waals surface area contributed by atoms with Gasteiger partial charge in [0.05, 0.1) is 25.1 Å². The number of carbonyl (C=O) groups is 3. The van der Waals surface area contributed by atoms with E-state index in [2.05, 4.69) is 27.7 Å². The number of nitrogens with zero attached hydrogens (tertiary/aromatic N) is 2. The van der Waals surface area contributed by atoms with E-state index in [-0.39, 0.29) is 24.1 Å². The molecule has 2 N–H and O–H groups in total. The third-order valence-electron chi connectivity index (χ3n) is 2.99. The number of hydrogen-bond acceptors (Lipinski definition) is 6. The van der Waals surface area contributed by atoms with Gasteiger partial charge in [-0.25, -0.2) is 14.3 Å². The van der Waals surface area contributed by atoms with Crippen LogP contribution in [0.2, 0.25) is 0 Å². The van der Waals surface area contributed by atoms with Gasteiger partial charge in [-0.05, 0) is 6.92 Å². The summed E-state index contributed by atoms with van der Waals surface area (Å²) in [6.07, 6.45) is 1.80. The average molecular weight is 329 g/mol. The summed E-state index contributed by atoms with van der Waals surface area (Å²) >= 11 is 4.07. The van der Waals surface area contributed by atoms with Crippen LogP contribution in [0.15, 0.2) is 12.5 Å². The first-order valence-electron chi connectivity index (χ1n) is 6.61. The second-order valence-corrected chi connectivity index (χ2v) is 5.19. The molecule has 8 nitrogen and oxygen atoms in total. The molecule has 1 aromatic rings. The van der Waals surface area contributed by atoms with Crippen LogP contribution in [0.4, 0.5) is 4.79 Å². The molecule has 2 atom stereocenters. The minimum Gasteiger partial charge on any atom is -0.469 e. The number of amides is 1. The molecule has 1 amide bonds. The van der Waals surface area contributed by atoms with Crippen LogP contribution >= 0.6 is 12.6 Å². The Kier molecular flexibility index (Phi) is 6.90. The zero-order valence-electron chi connectivity index (χ0n) is 12.4. The van der Waals surface area contributed by atoms with Crippen LogP contribution in [0.1, 0.15) is 19.0 Å². The van der Waals surface area contributed by atoms with Crippen molar-refractivity contribution in [2.45, 2.75) is 25.8 Å². The van der Waals surface area contributed by atoms with Gasteiger partial charge >= 0.3 is 12.1 Å². The van der Waals surface area contributed by atoms with Gasteiger partial charge in [0.15, 0.2) is 0 Å². The van der Waals surface area contributed by atoms with Crippen molar-refractivity contribution in [1.29, 1.82) is 0 Å². The van der Waals surface area contributed by atoms with Crippen molar-refractivity contribution in [2.75, 3.05) is 12.9 Å². The molecule has 1 unspecified atom stereocenters. The molecule has 0 saturated heterocycles. The average Bonchev–Trinajstić information content (AvgIpc) is 2.92. The molecule has 0 fully saturated rings.